The topological polar surface area (TPSA) is 95.9 Å². The Morgan fingerprint density at radius 1 is 0.492 bits per heavy atom. The molecule has 0 saturated heterocycles. The SMILES string of the molecule is CC/C=C\C/C=C\C/C=C\C/C=C\C/C=C\CCCC(=O)OC(CCC/C=C/C=C/CCCCCCCCC)CC(=O)NC(CO)C(O)CCCCCCCCCCCCCCC. The van der Waals surface area contributed by atoms with Gasteiger partial charge in [0.15, 0.2) is 0 Å². The summed E-state index contributed by atoms with van der Waals surface area (Å²) in [6, 6.07) is -0.731. The lowest BCUT2D eigenvalue weighted by Crippen LogP contribution is -2.46. The van der Waals surface area contributed by atoms with Gasteiger partial charge < -0.3 is 20.3 Å². The van der Waals surface area contributed by atoms with Crippen LogP contribution in [0.15, 0.2) is 85.1 Å². The highest BCUT2D eigenvalue weighted by Crippen LogP contribution is 2.16. The van der Waals surface area contributed by atoms with Gasteiger partial charge in [-0.25, -0.2) is 0 Å². The lowest BCUT2D eigenvalue weighted by Gasteiger charge is -2.24. The molecule has 0 heterocycles. The molecule has 0 aliphatic rings. The molecule has 0 aromatic heterocycles. The zero-order chi connectivity index (χ0) is 45.9. The van der Waals surface area contributed by atoms with E-state index < -0.39 is 18.2 Å². The summed E-state index contributed by atoms with van der Waals surface area (Å²) in [6.07, 6.45) is 65.1. The van der Waals surface area contributed by atoms with Gasteiger partial charge in [-0.3, -0.25) is 9.59 Å². The number of carbonyl (C=O) groups is 2. The summed E-state index contributed by atoms with van der Waals surface area (Å²) in [4.78, 5) is 26.1. The van der Waals surface area contributed by atoms with E-state index in [1.807, 2.05) is 0 Å². The number of aliphatic hydroxyl groups is 2. The number of unbranched alkanes of at least 4 members (excludes halogenated alkanes) is 21. The summed E-state index contributed by atoms with van der Waals surface area (Å²) in [5, 5.41) is 23.7. The van der Waals surface area contributed by atoms with Crippen LogP contribution in [0.5, 0.6) is 0 Å². The molecule has 0 bridgehead atoms. The summed E-state index contributed by atoms with van der Waals surface area (Å²) in [6.45, 7) is 6.34. The molecule has 6 heteroatoms. The number of amides is 1. The second kappa shape index (κ2) is 50.0. The van der Waals surface area contributed by atoms with Crippen LogP contribution < -0.4 is 5.32 Å². The molecule has 0 aliphatic heterocycles. The summed E-state index contributed by atoms with van der Waals surface area (Å²) >= 11 is 0. The Kier molecular flexibility index (Phi) is 47.7. The van der Waals surface area contributed by atoms with Crippen molar-refractivity contribution in [1.82, 2.24) is 5.32 Å². The van der Waals surface area contributed by atoms with Gasteiger partial charge in [0.1, 0.15) is 6.10 Å². The van der Waals surface area contributed by atoms with E-state index in [0.717, 1.165) is 77.0 Å². The number of ether oxygens (including phenoxy) is 1. The largest absolute Gasteiger partial charge is 0.462 e. The summed E-state index contributed by atoms with van der Waals surface area (Å²) in [5.41, 5.74) is 0. The molecule has 3 atom stereocenters. The molecule has 0 spiro atoms. The minimum atomic E-state index is -0.812. The smallest absolute Gasteiger partial charge is 0.306 e. The fraction of sp³-hybridized carbons (Fsp3) is 0.719. The van der Waals surface area contributed by atoms with Crippen LogP contribution in [0.3, 0.4) is 0 Å². The zero-order valence-corrected chi connectivity index (χ0v) is 41.2. The second-order valence-electron chi connectivity index (χ2n) is 17.6. The molecule has 63 heavy (non-hydrogen) atoms. The number of hydrogen-bond donors (Lipinski definition) is 3. The Labute approximate surface area is 389 Å². The molecule has 0 rings (SSSR count). The highest BCUT2D eigenvalue weighted by atomic mass is 16.5. The van der Waals surface area contributed by atoms with Crippen molar-refractivity contribution in [3.8, 4) is 0 Å². The van der Waals surface area contributed by atoms with Gasteiger partial charge in [0, 0.05) is 6.42 Å². The molecule has 1 amide bonds. The van der Waals surface area contributed by atoms with Crippen molar-refractivity contribution in [2.45, 2.75) is 257 Å². The first kappa shape index (κ1) is 60.0. The average molecular weight is 878 g/mol. The number of nitrogens with one attached hydrogen (secondary N) is 1. The molecule has 0 radical (unpaired) electrons. The number of hydrogen-bond acceptors (Lipinski definition) is 5. The van der Waals surface area contributed by atoms with E-state index in [-0.39, 0.29) is 24.9 Å². The molecule has 6 nitrogen and oxygen atoms in total. The summed E-state index contributed by atoms with van der Waals surface area (Å²) in [5.74, 6) is -0.593. The minimum absolute atomic E-state index is 0.0184. The summed E-state index contributed by atoms with van der Waals surface area (Å²) in [7, 11) is 0. The maximum Gasteiger partial charge on any atom is 0.306 e. The third-order valence-electron chi connectivity index (χ3n) is 11.5. The van der Waals surface area contributed by atoms with Crippen molar-refractivity contribution in [3.05, 3.63) is 85.1 Å². The monoisotopic (exact) mass is 878 g/mol. The second-order valence-corrected chi connectivity index (χ2v) is 17.6. The van der Waals surface area contributed by atoms with Crippen molar-refractivity contribution in [2.24, 2.45) is 0 Å². The average Bonchev–Trinajstić information content (AvgIpc) is 3.28. The van der Waals surface area contributed by atoms with Crippen LogP contribution in [0, 0.1) is 0 Å². The van der Waals surface area contributed by atoms with E-state index >= 15 is 0 Å². The van der Waals surface area contributed by atoms with Crippen molar-refractivity contribution in [3.63, 3.8) is 0 Å². The van der Waals surface area contributed by atoms with Gasteiger partial charge >= 0.3 is 5.97 Å². The van der Waals surface area contributed by atoms with Gasteiger partial charge in [0.2, 0.25) is 5.91 Å². The molecular weight excluding hydrogens is 779 g/mol. The first-order valence-electron chi connectivity index (χ1n) is 26.3. The van der Waals surface area contributed by atoms with Crippen LogP contribution in [-0.2, 0) is 14.3 Å². The third-order valence-corrected chi connectivity index (χ3v) is 11.5. The zero-order valence-electron chi connectivity index (χ0n) is 41.2. The highest BCUT2D eigenvalue weighted by Gasteiger charge is 2.24. The quantitative estimate of drug-likeness (QED) is 0.0245. The van der Waals surface area contributed by atoms with Crippen molar-refractivity contribution in [2.75, 3.05) is 6.61 Å². The first-order valence-corrected chi connectivity index (χ1v) is 26.3. The third kappa shape index (κ3) is 45.4. The van der Waals surface area contributed by atoms with E-state index in [1.54, 1.807) is 0 Å². The molecule has 0 aliphatic carbocycles. The van der Waals surface area contributed by atoms with E-state index in [2.05, 4.69) is 111 Å². The van der Waals surface area contributed by atoms with Crippen LogP contribution in [0.2, 0.25) is 0 Å². The minimum Gasteiger partial charge on any atom is -0.462 e. The Hall–Kier alpha value is -2.96. The lowest BCUT2D eigenvalue weighted by molar-refractivity contribution is -0.151. The predicted molar refractivity (Wildman–Crippen MR) is 273 cm³/mol. The van der Waals surface area contributed by atoms with Gasteiger partial charge in [-0.15, -0.1) is 0 Å². The van der Waals surface area contributed by atoms with Crippen LogP contribution in [0.1, 0.15) is 239 Å². The van der Waals surface area contributed by atoms with Crippen LogP contribution >= 0.6 is 0 Å². The van der Waals surface area contributed by atoms with Gasteiger partial charge in [-0.05, 0) is 83.5 Å². The molecule has 0 aromatic carbocycles. The van der Waals surface area contributed by atoms with Gasteiger partial charge in [-0.1, -0.05) is 228 Å². The summed E-state index contributed by atoms with van der Waals surface area (Å²) < 4.78 is 5.88. The van der Waals surface area contributed by atoms with E-state index in [1.165, 1.54) is 109 Å². The maximum absolute atomic E-state index is 13.2. The lowest BCUT2D eigenvalue weighted by atomic mass is 10.0. The van der Waals surface area contributed by atoms with Gasteiger partial charge in [0.05, 0.1) is 25.2 Å². The highest BCUT2D eigenvalue weighted by molar-refractivity contribution is 5.77. The number of rotatable bonds is 46. The Balaban J connectivity index is 4.74. The normalized spacial score (nSPS) is 13.9. The number of carbonyl (C=O) groups excluding carboxylic acids is 2. The number of allylic oxidation sites excluding steroid dienone is 14. The van der Waals surface area contributed by atoms with Crippen molar-refractivity contribution >= 4 is 11.9 Å². The maximum atomic E-state index is 13.2. The molecular formula is C57H99NO5. The van der Waals surface area contributed by atoms with Gasteiger partial charge in [-0.2, -0.15) is 0 Å². The van der Waals surface area contributed by atoms with Crippen LogP contribution in [0.25, 0.3) is 0 Å². The number of esters is 1. The van der Waals surface area contributed by atoms with Crippen molar-refractivity contribution < 1.29 is 24.5 Å². The van der Waals surface area contributed by atoms with Gasteiger partial charge in [0.25, 0.3) is 0 Å². The fourth-order valence-electron chi connectivity index (χ4n) is 7.52. The Morgan fingerprint density at radius 3 is 1.41 bits per heavy atom. The van der Waals surface area contributed by atoms with E-state index in [4.69, 9.17) is 4.74 Å². The molecule has 0 saturated carbocycles. The number of aliphatic hydroxyl groups excluding tert-OH is 2. The molecule has 3 N–H and O–H groups in total. The fourth-order valence-corrected chi connectivity index (χ4v) is 7.52. The Morgan fingerprint density at radius 2 is 0.921 bits per heavy atom. The van der Waals surface area contributed by atoms with Crippen LogP contribution in [0.4, 0.5) is 0 Å². The van der Waals surface area contributed by atoms with Crippen molar-refractivity contribution in [1.29, 1.82) is 0 Å². The predicted octanol–water partition coefficient (Wildman–Crippen LogP) is 16.0. The molecule has 0 aromatic rings. The Bertz CT molecular complexity index is 1210. The van der Waals surface area contributed by atoms with E-state index in [9.17, 15) is 19.8 Å². The first-order chi connectivity index (χ1) is 31.0. The molecule has 0 fully saturated rings. The molecule has 362 valence electrons. The standard InChI is InChI=1S/C57H99NO5/c1-4-7-10-13-16-19-22-25-27-28-29-32-35-38-41-44-47-50-57(62)63-53(48-45-42-39-36-33-31-26-23-20-17-14-11-8-5-2)51-56(61)58-54(52-59)55(60)49-46-43-40-37-34-30-24-21-18-15-12-9-6-3/h7,10,16,19,25,27,29,31-33,36,38-39,41,53-55,59-60H,4-6,8-9,11-15,17-18,20-24,26,28,30,34-35,37,40,42-52H2,1-3H3,(H,58,61)/b10-7-,19-16-,27-25-,32-29-,33-31+,39-36+,41-38-. The molecule has 3 unspecified atom stereocenters. The van der Waals surface area contributed by atoms with Crippen LogP contribution in [-0.4, -0.2) is 46.9 Å². The van der Waals surface area contributed by atoms with E-state index in [0.29, 0.717) is 25.7 Å².